The molecule has 1 nitrogen and oxygen atoms in total. The second-order valence-corrected chi connectivity index (χ2v) is 5.24. The van der Waals surface area contributed by atoms with E-state index in [2.05, 4.69) is 66.2 Å². The summed E-state index contributed by atoms with van der Waals surface area (Å²) in [5.74, 6) is 0. The summed E-state index contributed by atoms with van der Waals surface area (Å²) < 4.78 is 0. The fourth-order valence-electron chi connectivity index (χ4n) is 1.94. The molecule has 0 aliphatic rings. The van der Waals surface area contributed by atoms with Gasteiger partial charge in [0.1, 0.15) is 6.54 Å². The fourth-order valence-corrected chi connectivity index (χ4v) is 2.35. The van der Waals surface area contributed by atoms with Crippen molar-refractivity contribution in [1.82, 2.24) is 0 Å². The fraction of sp³-hybridized carbons (Fsp3) is 0.250. The molecule has 0 atom stereocenters. The quantitative estimate of drug-likeness (QED) is 0.622. The summed E-state index contributed by atoms with van der Waals surface area (Å²) in [5.41, 5.74) is 2.83. The average Bonchev–Trinajstić information content (AvgIpc) is 2.45. The molecule has 2 rings (SSSR count). The van der Waals surface area contributed by atoms with Crippen LogP contribution in [0.1, 0.15) is 11.1 Å². The number of hydrogen-bond donors (Lipinski definition) is 1. The first-order chi connectivity index (χ1) is 8.88. The standard InChI is InChI=1S/C16H19NS/c1-18-16-9-7-15(8-10-16)13-17-12-11-14-5-3-2-4-6-14/h2-10,17H,11-13H2,1H3/p+1. The Morgan fingerprint density at radius 1 is 0.889 bits per heavy atom. The largest absolute Gasteiger partial charge is 0.342 e. The molecule has 0 radical (unpaired) electrons. The molecule has 0 fully saturated rings. The van der Waals surface area contributed by atoms with Crippen LogP contribution in [0.25, 0.3) is 0 Å². The van der Waals surface area contributed by atoms with Gasteiger partial charge in [-0.15, -0.1) is 11.8 Å². The zero-order valence-corrected chi connectivity index (χ0v) is 11.6. The van der Waals surface area contributed by atoms with Gasteiger partial charge in [0.15, 0.2) is 0 Å². The second-order valence-electron chi connectivity index (χ2n) is 4.37. The summed E-state index contributed by atoms with van der Waals surface area (Å²) in [6.07, 6.45) is 3.25. The van der Waals surface area contributed by atoms with E-state index < -0.39 is 0 Å². The highest BCUT2D eigenvalue weighted by Gasteiger charge is 1.97. The van der Waals surface area contributed by atoms with E-state index in [1.165, 1.54) is 16.0 Å². The first-order valence-electron chi connectivity index (χ1n) is 6.37. The minimum atomic E-state index is 1.07. The van der Waals surface area contributed by atoms with E-state index in [0.717, 1.165) is 19.5 Å². The smallest absolute Gasteiger partial charge is 0.101 e. The number of benzene rings is 2. The van der Waals surface area contributed by atoms with Crippen molar-refractivity contribution in [3.05, 3.63) is 65.7 Å². The number of nitrogens with two attached hydrogens (primary N) is 1. The summed E-state index contributed by atoms with van der Waals surface area (Å²) in [6, 6.07) is 19.5. The molecule has 2 aromatic carbocycles. The van der Waals surface area contributed by atoms with Crippen LogP contribution in [0.15, 0.2) is 59.5 Å². The van der Waals surface area contributed by atoms with Crippen molar-refractivity contribution in [3.8, 4) is 0 Å². The predicted octanol–water partition coefficient (Wildman–Crippen LogP) is 2.71. The molecule has 0 spiro atoms. The molecule has 94 valence electrons. The first-order valence-corrected chi connectivity index (χ1v) is 7.59. The SMILES string of the molecule is CSc1ccc(C[NH2+]CCc2ccccc2)cc1. The monoisotopic (exact) mass is 258 g/mol. The van der Waals surface area contributed by atoms with Gasteiger partial charge in [-0.05, 0) is 24.0 Å². The molecule has 0 heterocycles. The Balaban J connectivity index is 1.72. The van der Waals surface area contributed by atoms with Crippen molar-refractivity contribution < 1.29 is 5.32 Å². The van der Waals surface area contributed by atoms with Crippen molar-refractivity contribution in [2.75, 3.05) is 12.8 Å². The van der Waals surface area contributed by atoms with Gasteiger partial charge in [-0.1, -0.05) is 42.5 Å². The maximum Gasteiger partial charge on any atom is 0.101 e. The van der Waals surface area contributed by atoms with Crippen LogP contribution in [-0.2, 0) is 13.0 Å². The highest BCUT2D eigenvalue weighted by Crippen LogP contribution is 2.14. The zero-order chi connectivity index (χ0) is 12.6. The van der Waals surface area contributed by atoms with Crippen LogP contribution in [0.3, 0.4) is 0 Å². The third-order valence-electron chi connectivity index (χ3n) is 3.02. The Morgan fingerprint density at radius 2 is 1.61 bits per heavy atom. The molecule has 0 aliphatic heterocycles. The molecule has 2 heteroatoms. The van der Waals surface area contributed by atoms with Crippen molar-refractivity contribution in [1.29, 1.82) is 0 Å². The predicted molar refractivity (Wildman–Crippen MR) is 78.9 cm³/mol. The van der Waals surface area contributed by atoms with Crippen molar-refractivity contribution in [2.24, 2.45) is 0 Å². The summed E-state index contributed by atoms with van der Waals surface area (Å²) in [7, 11) is 0. The maximum absolute atomic E-state index is 2.38. The van der Waals surface area contributed by atoms with Crippen LogP contribution >= 0.6 is 11.8 Å². The molecular weight excluding hydrogens is 238 g/mol. The van der Waals surface area contributed by atoms with Crippen molar-refractivity contribution in [3.63, 3.8) is 0 Å². The van der Waals surface area contributed by atoms with E-state index in [0.29, 0.717) is 0 Å². The van der Waals surface area contributed by atoms with Gasteiger partial charge < -0.3 is 5.32 Å². The molecule has 0 unspecified atom stereocenters. The number of rotatable bonds is 6. The van der Waals surface area contributed by atoms with E-state index in [1.807, 2.05) is 0 Å². The Kier molecular flexibility index (Phi) is 5.31. The first kappa shape index (κ1) is 13.2. The van der Waals surface area contributed by atoms with E-state index in [-0.39, 0.29) is 0 Å². The number of hydrogen-bond acceptors (Lipinski definition) is 1. The summed E-state index contributed by atoms with van der Waals surface area (Å²) in [5, 5.41) is 2.38. The van der Waals surface area contributed by atoms with E-state index in [1.54, 1.807) is 11.8 Å². The minimum absolute atomic E-state index is 1.07. The molecule has 2 N–H and O–H groups in total. The minimum Gasteiger partial charge on any atom is -0.342 e. The highest BCUT2D eigenvalue weighted by molar-refractivity contribution is 7.98. The zero-order valence-electron chi connectivity index (χ0n) is 10.8. The van der Waals surface area contributed by atoms with Crippen molar-refractivity contribution in [2.45, 2.75) is 17.9 Å². The van der Waals surface area contributed by atoms with Gasteiger partial charge in [0.2, 0.25) is 0 Å². The Labute approximate surface area is 114 Å². The Morgan fingerprint density at radius 3 is 2.28 bits per heavy atom. The third kappa shape index (κ3) is 4.21. The lowest BCUT2D eigenvalue weighted by Crippen LogP contribution is -2.83. The summed E-state index contributed by atoms with van der Waals surface area (Å²) in [6.45, 7) is 2.22. The molecule has 0 amide bonds. The van der Waals surface area contributed by atoms with Gasteiger partial charge in [-0.25, -0.2) is 0 Å². The van der Waals surface area contributed by atoms with Crippen LogP contribution in [0.4, 0.5) is 0 Å². The van der Waals surface area contributed by atoms with E-state index in [9.17, 15) is 0 Å². The lowest BCUT2D eigenvalue weighted by Gasteiger charge is -2.03. The third-order valence-corrected chi connectivity index (χ3v) is 3.76. The van der Waals surface area contributed by atoms with Gasteiger partial charge >= 0.3 is 0 Å². The lowest BCUT2D eigenvalue weighted by molar-refractivity contribution is -0.670. The Hall–Kier alpha value is -1.25. The van der Waals surface area contributed by atoms with Gasteiger partial charge in [0.05, 0.1) is 6.54 Å². The van der Waals surface area contributed by atoms with Gasteiger partial charge in [-0.2, -0.15) is 0 Å². The maximum atomic E-state index is 2.38. The molecule has 0 saturated carbocycles. The van der Waals surface area contributed by atoms with Crippen LogP contribution in [-0.4, -0.2) is 12.8 Å². The summed E-state index contributed by atoms with van der Waals surface area (Å²) in [4.78, 5) is 1.34. The average molecular weight is 258 g/mol. The van der Waals surface area contributed by atoms with Crippen LogP contribution in [0.5, 0.6) is 0 Å². The van der Waals surface area contributed by atoms with Crippen LogP contribution in [0, 0.1) is 0 Å². The molecule has 18 heavy (non-hydrogen) atoms. The second kappa shape index (κ2) is 7.24. The highest BCUT2D eigenvalue weighted by atomic mass is 32.2. The molecule has 2 aromatic rings. The number of thioether (sulfide) groups is 1. The van der Waals surface area contributed by atoms with Gasteiger partial charge in [0.25, 0.3) is 0 Å². The van der Waals surface area contributed by atoms with Gasteiger partial charge in [0, 0.05) is 16.9 Å². The lowest BCUT2D eigenvalue weighted by atomic mass is 10.1. The topological polar surface area (TPSA) is 16.6 Å². The van der Waals surface area contributed by atoms with Crippen LogP contribution in [0.2, 0.25) is 0 Å². The van der Waals surface area contributed by atoms with Crippen molar-refractivity contribution >= 4 is 11.8 Å². The molecular formula is C16H20NS+. The van der Waals surface area contributed by atoms with Crippen LogP contribution < -0.4 is 5.32 Å². The van der Waals surface area contributed by atoms with E-state index >= 15 is 0 Å². The van der Waals surface area contributed by atoms with Gasteiger partial charge in [-0.3, -0.25) is 0 Å². The normalized spacial score (nSPS) is 10.5. The molecule has 0 bridgehead atoms. The Bertz CT molecular complexity index is 450. The molecule has 0 aromatic heterocycles. The summed E-state index contributed by atoms with van der Waals surface area (Å²) >= 11 is 1.79. The number of quaternary nitrogens is 1. The molecule has 0 saturated heterocycles. The van der Waals surface area contributed by atoms with E-state index in [4.69, 9.17) is 0 Å². The molecule has 0 aliphatic carbocycles.